The van der Waals surface area contributed by atoms with Gasteiger partial charge < -0.3 is 4.90 Å². The van der Waals surface area contributed by atoms with Gasteiger partial charge in [0.05, 0.1) is 0 Å². The topological polar surface area (TPSA) is 86.6 Å². The SMILES string of the molecule is O=C(c1cnc2nc[nH]n2c1=O)N1CCC(N2CCc3ccccc3C2)CC1. The van der Waals surface area contributed by atoms with E-state index in [1.54, 1.807) is 4.90 Å². The number of nitrogens with one attached hydrogen (secondary N) is 1. The lowest BCUT2D eigenvalue weighted by molar-refractivity contribution is 0.0597. The van der Waals surface area contributed by atoms with Crippen molar-refractivity contribution in [3.8, 4) is 0 Å². The van der Waals surface area contributed by atoms with E-state index in [0.717, 1.165) is 32.4 Å². The van der Waals surface area contributed by atoms with Gasteiger partial charge in [0.2, 0.25) is 0 Å². The molecule has 2 aliphatic rings. The number of hydrogen-bond donors (Lipinski definition) is 1. The summed E-state index contributed by atoms with van der Waals surface area (Å²) < 4.78 is 1.20. The number of benzene rings is 1. The Labute approximate surface area is 161 Å². The second kappa shape index (κ2) is 6.87. The molecule has 5 rings (SSSR count). The Hall–Kier alpha value is -3.00. The van der Waals surface area contributed by atoms with Crippen molar-refractivity contribution in [1.82, 2.24) is 29.4 Å². The predicted molar refractivity (Wildman–Crippen MR) is 103 cm³/mol. The molecule has 1 aromatic carbocycles. The number of piperidine rings is 1. The number of nitrogens with zero attached hydrogens (tertiary/aromatic N) is 5. The maximum absolute atomic E-state index is 12.9. The van der Waals surface area contributed by atoms with Crippen molar-refractivity contribution >= 4 is 11.7 Å². The summed E-state index contributed by atoms with van der Waals surface area (Å²) in [6, 6.07) is 9.12. The quantitative estimate of drug-likeness (QED) is 0.721. The molecule has 1 N–H and O–H groups in total. The lowest BCUT2D eigenvalue weighted by atomic mass is 9.95. The van der Waals surface area contributed by atoms with Crippen molar-refractivity contribution in [3.05, 3.63) is 63.8 Å². The molecule has 8 heteroatoms. The minimum absolute atomic E-state index is 0.0899. The van der Waals surface area contributed by atoms with Crippen molar-refractivity contribution in [2.75, 3.05) is 19.6 Å². The number of H-pyrrole nitrogens is 1. The zero-order valence-corrected chi connectivity index (χ0v) is 15.5. The van der Waals surface area contributed by atoms with Crippen molar-refractivity contribution < 1.29 is 4.79 Å². The molecule has 0 saturated carbocycles. The van der Waals surface area contributed by atoms with E-state index in [1.165, 1.54) is 28.2 Å². The molecule has 0 spiro atoms. The molecular weight excluding hydrogens is 356 g/mol. The Morgan fingerprint density at radius 3 is 2.68 bits per heavy atom. The van der Waals surface area contributed by atoms with Crippen LogP contribution in [-0.4, -0.2) is 61.0 Å². The average molecular weight is 378 g/mol. The molecule has 4 heterocycles. The third kappa shape index (κ3) is 2.90. The standard InChI is InChI=1S/C20H22N6O2/c27-18(17-11-21-20-22-13-23-26(20)19(17)28)24-9-6-16(7-10-24)25-8-5-14-3-1-2-4-15(14)12-25/h1-4,11,13,16H,5-10,12H2,(H,21,22,23). The number of carbonyl (C=O) groups excluding carboxylic acids is 1. The van der Waals surface area contributed by atoms with Gasteiger partial charge in [-0.1, -0.05) is 24.3 Å². The summed E-state index contributed by atoms with van der Waals surface area (Å²) >= 11 is 0. The molecule has 1 amide bonds. The highest BCUT2D eigenvalue weighted by atomic mass is 16.2. The van der Waals surface area contributed by atoms with Gasteiger partial charge in [0, 0.05) is 38.4 Å². The number of hydrogen-bond acceptors (Lipinski definition) is 5. The number of rotatable bonds is 2. The first-order valence-electron chi connectivity index (χ1n) is 9.72. The van der Waals surface area contributed by atoms with E-state index in [-0.39, 0.29) is 17.2 Å². The van der Waals surface area contributed by atoms with E-state index in [4.69, 9.17) is 0 Å². The fourth-order valence-electron chi connectivity index (χ4n) is 4.38. The van der Waals surface area contributed by atoms with Crippen molar-refractivity contribution in [3.63, 3.8) is 0 Å². The molecule has 8 nitrogen and oxygen atoms in total. The van der Waals surface area contributed by atoms with Gasteiger partial charge in [-0.3, -0.25) is 19.6 Å². The molecular formula is C20H22N6O2. The molecule has 0 unspecified atom stereocenters. The summed E-state index contributed by atoms with van der Waals surface area (Å²) in [5, 5.41) is 2.70. The van der Waals surface area contributed by atoms with E-state index in [0.29, 0.717) is 19.1 Å². The number of carbonyl (C=O) groups is 1. The van der Waals surface area contributed by atoms with Crippen molar-refractivity contribution in [1.29, 1.82) is 0 Å². The van der Waals surface area contributed by atoms with Crippen LogP contribution in [0.2, 0.25) is 0 Å². The summed E-state index contributed by atoms with van der Waals surface area (Å²) in [5.41, 5.74) is 2.56. The second-order valence-corrected chi connectivity index (χ2v) is 7.51. The molecule has 2 aromatic heterocycles. The highest BCUT2D eigenvalue weighted by Gasteiger charge is 2.30. The molecule has 2 aliphatic heterocycles. The third-order valence-electron chi connectivity index (χ3n) is 5.97. The van der Waals surface area contributed by atoms with Crippen LogP contribution in [0.3, 0.4) is 0 Å². The van der Waals surface area contributed by atoms with Gasteiger partial charge in [-0.2, -0.15) is 4.52 Å². The van der Waals surface area contributed by atoms with Gasteiger partial charge in [-0.05, 0) is 30.4 Å². The van der Waals surface area contributed by atoms with Gasteiger partial charge in [0.15, 0.2) is 0 Å². The highest BCUT2D eigenvalue weighted by molar-refractivity contribution is 5.93. The minimum atomic E-state index is -0.401. The molecule has 1 saturated heterocycles. The molecule has 3 aromatic rings. The van der Waals surface area contributed by atoms with Gasteiger partial charge >= 0.3 is 0 Å². The Bertz CT molecular complexity index is 1080. The summed E-state index contributed by atoms with van der Waals surface area (Å²) in [7, 11) is 0. The maximum atomic E-state index is 12.9. The lowest BCUT2D eigenvalue weighted by Crippen LogP contribution is -2.48. The predicted octanol–water partition coefficient (Wildman–Crippen LogP) is 1.08. The van der Waals surface area contributed by atoms with Crippen LogP contribution in [0.15, 0.2) is 41.6 Å². The van der Waals surface area contributed by atoms with Crippen molar-refractivity contribution in [2.24, 2.45) is 0 Å². The van der Waals surface area contributed by atoms with Gasteiger partial charge in [0.25, 0.3) is 17.2 Å². The molecule has 0 atom stereocenters. The number of aromatic amines is 1. The Morgan fingerprint density at radius 1 is 1.07 bits per heavy atom. The number of aromatic nitrogens is 4. The molecule has 1 fully saturated rings. The first-order valence-corrected chi connectivity index (χ1v) is 9.72. The van der Waals surface area contributed by atoms with Crippen LogP contribution in [0, 0.1) is 0 Å². The lowest BCUT2D eigenvalue weighted by Gasteiger charge is -2.40. The zero-order valence-electron chi connectivity index (χ0n) is 15.5. The molecule has 0 radical (unpaired) electrons. The van der Waals surface area contributed by atoms with E-state index in [9.17, 15) is 9.59 Å². The number of likely N-dealkylation sites (tertiary alicyclic amines) is 1. The normalized spacial score (nSPS) is 18.4. The van der Waals surface area contributed by atoms with Crippen molar-refractivity contribution in [2.45, 2.75) is 31.8 Å². The van der Waals surface area contributed by atoms with Crippen LogP contribution >= 0.6 is 0 Å². The maximum Gasteiger partial charge on any atom is 0.286 e. The van der Waals surface area contributed by atoms with E-state index < -0.39 is 5.56 Å². The van der Waals surface area contributed by atoms with Gasteiger partial charge in [0.1, 0.15) is 11.9 Å². The zero-order chi connectivity index (χ0) is 19.1. The molecule has 0 bridgehead atoms. The smallest absolute Gasteiger partial charge is 0.286 e. The monoisotopic (exact) mass is 378 g/mol. The number of fused-ring (bicyclic) bond motifs is 2. The van der Waals surface area contributed by atoms with E-state index >= 15 is 0 Å². The summed E-state index contributed by atoms with van der Waals surface area (Å²) in [6.45, 7) is 3.37. The largest absolute Gasteiger partial charge is 0.338 e. The molecule has 28 heavy (non-hydrogen) atoms. The Kier molecular flexibility index (Phi) is 4.20. The van der Waals surface area contributed by atoms with Crippen LogP contribution in [0.4, 0.5) is 0 Å². The summed E-state index contributed by atoms with van der Waals surface area (Å²) in [5.74, 6) is 0.0228. The van der Waals surface area contributed by atoms with Gasteiger partial charge in [-0.15, -0.1) is 0 Å². The highest BCUT2D eigenvalue weighted by Crippen LogP contribution is 2.25. The van der Waals surface area contributed by atoms with E-state index in [1.807, 2.05) is 0 Å². The number of amides is 1. The third-order valence-corrected chi connectivity index (χ3v) is 5.97. The fourth-order valence-corrected chi connectivity index (χ4v) is 4.38. The first-order chi connectivity index (χ1) is 13.7. The van der Waals surface area contributed by atoms with Crippen LogP contribution in [-0.2, 0) is 13.0 Å². The second-order valence-electron chi connectivity index (χ2n) is 7.51. The fraction of sp³-hybridized carbons (Fsp3) is 0.400. The van der Waals surface area contributed by atoms with E-state index in [2.05, 4.69) is 44.2 Å². The van der Waals surface area contributed by atoms with Crippen LogP contribution in [0.1, 0.15) is 34.3 Å². The van der Waals surface area contributed by atoms with Crippen LogP contribution in [0.5, 0.6) is 0 Å². The molecule has 0 aliphatic carbocycles. The van der Waals surface area contributed by atoms with Crippen LogP contribution < -0.4 is 5.56 Å². The average Bonchev–Trinajstić information content (AvgIpc) is 3.23. The Morgan fingerprint density at radius 2 is 1.86 bits per heavy atom. The summed E-state index contributed by atoms with van der Waals surface area (Å²) in [6.07, 6.45) is 5.67. The Balaban J connectivity index is 1.26. The minimum Gasteiger partial charge on any atom is -0.338 e. The summed E-state index contributed by atoms with van der Waals surface area (Å²) in [4.78, 5) is 37.7. The van der Waals surface area contributed by atoms with Crippen LogP contribution in [0.25, 0.3) is 5.78 Å². The first kappa shape index (κ1) is 17.1. The molecule has 144 valence electrons. The van der Waals surface area contributed by atoms with Gasteiger partial charge in [-0.25, -0.2) is 9.97 Å².